The Hall–Kier alpha value is -1.52. The van der Waals surface area contributed by atoms with Gasteiger partial charge in [-0.25, -0.2) is 0 Å². The van der Waals surface area contributed by atoms with E-state index in [2.05, 4.69) is 18.9 Å². The van der Waals surface area contributed by atoms with E-state index >= 15 is 0 Å². The molecule has 0 bridgehead atoms. The van der Waals surface area contributed by atoms with Gasteiger partial charge in [0.2, 0.25) is 0 Å². The second-order valence-corrected chi connectivity index (χ2v) is 4.74. The van der Waals surface area contributed by atoms with Crippen LogP contribution in [0.2, 0.25) is 5.02 Å². The largest absolute Gasteiger partial charge is 0.454 e. The predicted octanol–water partition coefficient (Wildman–Crippen LogP) is 3.37. The van der Waals surface area contributed by atoms with Gasteiger partial charge in [0.15, 0.2) is 5.75 Å². The van der Waals surface area contributed by atoms with E-state index in [1.54, 1.807) is 18.3 Å². The quantitative estimate of drug-likeness (QED) is 0.922. The molecular formula is C13H16ClN3O. The molecule has 18 heavy (non-hydrogen) atoms. The molecule has 0 aliphatic carbocycles. The van der Waals surface area contributed by atoms with Gasteiger partial charge in [-0.1, -0.05) is 17.7 Å². The molecule has 0 unspecified atom stereocenters. The zero-order valence-corrected chi connectivity index (χ0v) is 11.2. The fraction of sp³-hybridized carbons (Fsp3) is 0.308. The molecular weight excluding hydrogens is 250 g/mol. The summed E-state index contributed by atoms with van der Waals surface area (Å²) in [6.45, 7) is 4.52. The number of ether oxygens (including phenoxy) is 1. The molecule has 96 valence electrons. The van der Waals surface area contributed by atoms with Gasteiger partial charge in [-0.05, 0) is 26.0 Å². The summed E-state index contributed by atoms with van der Waals surface area (Å²) >= 11 is 5.95. The van der Waals surface area contributed by atoms with Crippen LogP contribution >= 0.6 is 11.6 Å². The summed E-state index contributed by atoms with van der Waals surface area (Å²) in [7, 11) is 0. The average Bonchev–Trinajstić information content (AvgIpc) is 2.78. The molecule has 0 aliphatic heterocycles. The van der Waals surface area contributed by atoms with Crippen molar-refractivity contribution in [1.29, 1.82) is 0 Å². The van der Waals surface area contributed by atoms with Crippen LogP contribution in [0.1, 0.15) is 25.5 Å². The van der Waals surface area contributed by atoms with E-state index in [1.807, 2.05) is 16.9 Å². The Labute approximate surface area is 111 Å². The Bertz CT molecular complexity index is 537. The van der Waals surface area contributed by atoms with Crippen LogP contribution in [0.5, 0.6) is 11.5 Å². The van der Waals surface area contributed by atoms with Gasteiger partial charge in [0.05, 0.1) is 12.4 Å². The molecule has 0 saturated heterocycles. The maximum absolute atomic E-state index is 5.95. The van der Waals surface area contributed by atoms with E-state index < -0.39 is 0 Å². The van der Waals surface area contributed by atoms with Gasteiger partial charge in [-0.3, -0.25) is 4.68 Å². The first-order valence-electron chi connectivity index (χ1n) is 5.80. The smallest absolute Gasteiger partial charge is 0.165 e. The van der Waals surface area contributed by atoms with Gasteiger partial charge >= 0.3 is 0 Å². The maximum atomic E-state index is 5.95. The number of hydrogen-bond donors (Lipinski definition) is 1. The number of aromatic nitrogens is 2. The molecule has 1 aromatic heterocycles. The van der Waals surface area contributed by atoms with Gasteiger partial charge < -0.3 is 10.5 Å². The minimum Gasteiger partial charge on any atom is -0.454 e. The Kier molecular flexibility index (Phi) is 3.89. The third kappa shape index (κ3) is 2.83. The summed E-state index contributed by atoms with van der Waals surface area (Å²) in [5.41, 5.74) is 6.58. The van der Waals surface area contributed by atoms with Crippen LogP contribution in [-0.4, -0.2) is 9.78 Å². The van der Waals surface area contributed by atoms with Crippen LogP contribution in [0.15, 0.2) is 30.6 Å². The molecule has 0 spiro atoms. The second-order valence-electron chi connectivity index (χ2n) is 4.31. The highest BCUT2D eigenvalue weighted by atomic mass is 35.5. The molecule has 2 rings (SSSR count). The minimum absolute atomic E-state index is 0.302. The number of halogens is 1. The van der Waals surface area contributed by atoms with Crippen LogP contribution in [0.3, 0.4) is 0 Å². The Morgan fingerprint density at radius 3 is 2.83 bits per heavy atom. The second kappa shape index (κ2) is 5.42. The molecule has 0 atom stereocenters. The zero-order chi connectivity index (χ0) is 13.1. The van der Waals surface area contributed by atoms with Crippen molar-refractivity contribution in [3.8, 4) is 11.5 Å². The Balaban J connectivity index is 2.24. The van der Waals surface area contributed by atoms with Crippen molar-refractivity contribution >= 4 is 11.6 Å². The summed E-state index contributed by atoms with van der Waals surface area (Å²) in [6.07, 6.45) is 3.53. The number of hydrogen-bond acceptors (Lipinski definition) is 3. The lowest BCUT2D eigenvalue weighted by atomic mass is 10.2. The lowest BCUT2D eigenvalue weighted by Gasteiger charge is -2.08. The topological polar surface area (TPSA) is 53.1 Å². The summed E-state index contributed by atoms with van der Waals surface area (Å²) in [6, 6.07) is 5.73. The van der Waals surface area contributed by atoms with E-state index in [-0.39, 0.29) is 0 Å². The molecule has 0 saturated carbocycles. The lowest BCUT2D eigenvalue weighted by Crippen LogP contribution is -2.00. The van der Waals surface area contributed by atoms with E-state index in [4.69, 9.17) is 22.1 Å². The third-order valence-electron chi connectivity index (χ3n) is 2.58. The zero-order valence-electron chi connectivity index (χ0n) is 10.4. The first-order chi connectivity index (χ1) is 8.60. The van der Waals surface area contributed by atoms with Crippen molar-refractivity contribution in [3.63, 3.8) is 0 Å². The number of rotatable bonds is 4. The normalized spacial score (nSPS) is 10.9. The summed E-state index contributed by atoms with van der Waals surface area (Å²) in [4.78, 5) is 0. The third-order valence-corrected chi connectivity index (χ3v) is 2.82. The standard InChI is InChI=1S/C13H16ClN3O/c1-9(2)17-8-12(7-16-17)18-13-5-11(14)4-3-10(13)6-15/h3-5,7-9H,6,15H2,1-2H3. The fourth-order valence-electron chi connectivity index (χ4n) is 1.57. The van der Waals surface area contributed by atoms with Gasteiger partial charge in [0, 0.05) is 23.2 Å². The first kappa shape index (κ1) is 12.9. The van der Waals surface area contributed by atoms with Crippen molar-refractivity contribution in [2.24, 2.45) is 5.73 Å². The number of nitrogens with zero attached hydrogens (tertiary/aromatic N) is 2. The van der Waals surface area contributed by atoms with E-state index in [0.29, 0.717) is 29.1 Å². The highest BCUT2D eigenvalue weighted by Gasteiger charge is 2.07. The predicted molar refractivity (Wildman–Crippen MR) is 72.0 cm³/mol. The van der Waals surface area contributed by atoms with Gasteiger partial charge in [-0.15, -0.1) is 0 Å². The van der Waals surface area contributed by atoms with E-state index in [1.165, 1.54) is 0 Å². The molecule has 0 aliphatic rings. The van der Waals surface area contributed by atoms with Crippen LogP contribution in [0, 0.1) is 0 Å². The Morgan fingerprint density at radius 1 is 1.44 bits per heavy atom. The van der Waals surface area contributed by atoms with Gasteiger partial charge in [-0.2, -0.15) is 5.10 Å². The SMILES string of the molecule is CC(C)n1cc(Oc2cc(Cl)ccc2CN)cn1. The van der Waals surface area contributed by atoms with E-state index in [9.17, 15) is 0 Å². The van der Waals surface area contributed by atoms with E-state index in [0.717, 1.165) is 5.56 Å². The van der Waals surface area contributed by atoms with Crippen molar-refractivity contribution in [2.75, 3.05) is 0 Å². The summed E-state index contributed by atoms with van der Waals surface area (Å²) < 4.78 is 7.60. The lowest BCUT2D eigenvalue weighted by molar-refractivity contribution is 0.471. The molecule has 4 nitrogen and oxygen atoms in total. The van der Waals surface area contributed by atoms with Crippen LogP contribution < -0.4 is 10.5 Å². The molecule has 1 heterocycles. The average molecular weight is 266 g/mol. The van der Waals surface area contributed by atoms with Crippen molar-refractivity contribution in [3.05, 3.63) is 41.2 Å². The van der Waals surface area contributed by atoms with Crippen LogP contribution in [0.4, 0.5) is 0 Å². The molecule has 0 radical (unpaired) electrons. The van der Waals surface area contributed by atoms with Crippen molar-refractivity contribution in [1.82, 2.24) is 9.78 Å². The summed E-state index contributed by atoms with van der Waals surface area (Å²) in [5, 5.41) is 4.84. The molecule has 1 aromatic carbocycles. The Morgan fingerprint density at radius 2 is 2.22 bits per heavy atom. The molecule has 2 aromatic rings. The van der Waals surface area contributed by atoms with Gasteiger partial charge in [0.25, 0.3) is 0 Å². The first-order valence-corrected chi connectivity index (χ1v) is 6.18. The molecule has 2 N–H and O–H groups in total. The number of benzene rings is 1. The van der Waals surface area contributed by atoms with Crippen LogP contribution in [-0.2, 0) is 6.54 Å². The highest BCUT2D eigenvalue weighted by Crippen LogP contribution is 2.28. The number of nitrogens with two attached hydrogens (primary N) is 1. The monoisotopic (exact) mass is 265 g/mol. The molecule has 5 heteroatoms. The van der Waals surface area contributed by atoms with Crippen molar-refractivity contribution in [2.45, 2.75) is 26.4 Å². The van der Waals surface area contributed by atoms with Crippen molar-refractivity contribution < 1.29 is 4.74 Å². The molecule has 0 amide bonds. The van der Waals surface area contributed by atoms with Crippen LogP contribution in [0.25, 0.3) is 0 Å². The minimum atomic E-state index is 0.302. The summed E-state index contributed by atoms with van der Waals surface area (Å²) in [5.74, 6) is 1.36. The molecule has 0 fully saturated rings. The maximum Gasteiger partial charge on any atom is 0.165 e. The van der Waals surface area contributed by atoms with Gasteiger partial charge in [0.1, 0.15) is 5.75 Å². The fourth-order valence-corrected chi connectivity index (χ4v) is 1.74. The highest BCUT2D eigenvalue weighted by molar-refractivity contribution is 6.30.